The predicted molar refractivity (Wildman–Crippen MR) is 80.6 cm³/mol. The van der Waals surface area contributed by atoms with E-state index in [0.717, 1.165) is 36.9 Å². The summed E-state index contributed by atoms with van der Waals surface area (Å²) in [6.45, 7) is 1.17. The number of nitrogens with zero attached hydrogens (tertiary/aromatic N) is 1. The quantitative estimate of drug-likeness (QED) is 0.936. The van der Waals surface area contributed by atoms with Crippen molar-refractivity contribution in [2.45, 2.75) is 31.8 Å². The van der Waals surface area contributed by atoms with E-state index in [-0.39, 0.29) is 17.9 Å². The number of halogens is 1. The van der Waals surface area contributed by atoms with Gasteiger partial charge in [0, 0.05) is 18.7 Å². The van der Waals surface area contributed by atoms with Crippen LogP contribution < -0.4 is 5.32 Å². The molecule has 0 spiro atoms. The molecular weight excluding hydrogens is 283 g/mol. The van der Waals surface area contributed by atoms with Crippen LogP contribution in [0.1, 0.15) is 36.4 Å². The summed E-state index contributed by atoms with van der Waals surface area (Å²) in [5.41, 5.74) is 1.92. The van der Waals surface area contributed by atoms with Crippen molar-refractivity contribution in [3.05, 3.63) is 59.8 Å². The van der Waals surface area contributed by atoms with E-state index in [1.54, 1.807) is 24.7 Å². The molecule has 0 radical (unpaired) electrons. The van der Waals surface area contributed by atoms with Crippen molar-refractivity contribution < 1.29 is 13.6 Å². The zero-order valence-corrected chi connectivity index (χ0v) is 12.3. The molecule has 2 aromatic rings. The number of rotatable bonds is 3. The van der Waals surface area contributed by atoms with Gasteiger partial charge in [-0.15, -0.1) is 0 Å². The summed E-state index contributed by atoms with van der Waals surface area (Å²) in [4.78, 5) is 14.3. The van der Waals surface area contributed by atoms with Crippen LogP contribution in [0, 0.1) is 5.82 Å². The fraction of sp³-hybridized carbons (Fsp3) is 0.353. The molecule has 1 saturated heterocycles. The molecule has 22 heavy (non-hydrogen) atoms. The molecule has 1 aromatic heterocycles. The van der Waals surface area contributed by atoms with Crippen molar-refractivity contribution in [2.75, 3.05) is 6.54 Å². The molecule has 2 amide bonds. The van der Waals surface area contributed by atoms with E-state index in [0.29, 0.717) is 6.54 Å². The topological polar surface area (TPSA) is 45.5 Å². The Kier molecular flexibility index (Phi) is 4.42. The van der Waals surface area contributed by atoms with Crippen molar-refractivity contribution >= 4 is 6.03 Å². The zero-order chi connectivity index (χ0) is 15.4. The number of amides is 2. The van der Waals surface area contributed by atoms with Gasteiger partial charge in [0.25, 0.3) is 0 Å². The Hall–Kier alpha value is -2.30. The van der Waals surface area contributed by atoms with Crippen LogP contribution in [-0.2, 0) is 6.54 Å². The van der Waals surface area contributed by atoms with Crippen LogP contribution in [0.3, 0.4) is 0 Å². The van der Waals surface area contributed by atoms with Gasteiger partial charge in [-0.3, -0.25) is 0 Å². The van der Waals surface area contributed by atoms with Gasteiger partial charge in [-0.05, 0) is 43.0 Å². The number of likely N-dealkylation sites (tertiary alicyclic amines) is 1. The lowest BCUT2D eigenvalue weighted by molar-refractivity contribution is 0.151. The number of urea groups is 1. The first-order valence-electron chi connectivity index (χ1n) is 7.55. The summed E-state index contributed by atoms with van der Waals surface area (Å²) in [6.07, 6.45) is 6.19. The highest BCUT2D eigenvalue weighted by Gasteiger charge is 2.27. The first-order chi connectivity index (χ1) is 10.7. The smallest absolute Gasteiger partial charge is 0.318 e. The highest BCUT2D eigenvalue weighted by Crippen LogP contribution is 2.30. The molecule has 1 N–H and O–H groups in total. The van der Waals surface area contributed by atoms with Gasteiger partial charge in [0.05, 0.1) is 18.6 Å². The molecular formula is C17H19FN2O2. The molecule has 3 rings (SSSR count). The van der Waals surface area contributed by atoms with Gasteiger partial charge in [-0.2, -0.15) is 0 Å². The van der Waals surface area contributed by atoms with Gasteiger partial charge in [-0.1, -0.05) is 12.1 Å². The second kappa shape index (κ2) is 6.64. The van der Waals surface area contributed by atoms with Crippen LogP contribution in [0.5, 0.6) is 0 Å². The standard InChI is InChI=1S/C17H19FN2O2/c18-15-6-4-14(5-7-15)16-3-1-2-9-20(16)17(21)19-11-13-8-10-22-12-13/h4-8,10,12,16H,1-3,9,11H2,(H,19,21). The normalized spacial score (nSPS) is 18.2. The molecule has 2 heterocycles. The van der Waals surface area contributed by atoms with E-state index in [9.17, 15) is 9.18 Å². The average molecular weight is 302 g/mol. The van der Waals surface area contributed by atoms with Gasteiger partial charge in [-0.25, -0.2) is 9.18 Å². The van der Waals surface area contributed by atoms with Gasteiger partial charge < -0.3 is 14.6 Å². The minimum Gasteiger partial charge on any atom is -0.472 e. The minimum absolute atomic E-state index is 0.0127. The molecule has 4 nitrogen and oxygen atoms in total. The number of hydrogen-bond acceptors (Lipinski definition) is 2. The SMILES string of the molecule is O=C(NCc1ccoc1)N1CCCCC1c1ccc(F)cc1. The van der Waals surface area contributed by atoms with E-state index in [4.69, 9.17) is 4.42 Å². The third-order valence-electron chi connectivity index (χ3n) is 4.04. The maximum Gasteiger partial charge on any atom is 0.318 e. The Labute approximate surface area is 128 Å². The molecule has 1 atom stereocenters. The minimum atomic E-state index is -0.254. The number of piperidine rings is 1. The van der Waals surface area contributed by atoms with Crippen LogP contribution in [0.15, 0.2) is 47.3 Å². The van der Waals surface area contributed by atoms with Crippen molar-refractivity contribution in [2.24, 2.45) is 0 Å². The van der Waals surface area contributed by atoms with Crippen LogP contribution in [0.4, 0.5) is 9.18 Å². The molecule has 1 aromatic carbocycles. The second-order valence-electron chi connectivity index (χ2n) is 5.55. The van der Waals surface area contributed by atoms with Gasteiger partial charge in [0.15, 0.2) is 0 Å². The average Bonchev–Trinajstić information content (AvgIpc) is 3.07. The van der Waals surface area contributed by atoms with Crippen LogP contribution in [0.2, 0.25) is 0 Å². The Morgan fingerprint density at radius 1 is 1.27 bits per heavy atom. The van der Waals surface area contributed by atoms with E-state index < -0.39 is 0 Å². The molecule has 1 unspecified atom stereocenters. The maximum absolute atomic E-state index is 13.1. The summed E-state index contributed by atoms with van der Waals surface area (Å²) in [5.74, 6) is -0.254. The van der Waals surface area contributed by atoms with Gasteiger partial charge in [0.1, 0.15) is 5.82 Å². The fourth-order valence-electron chi connectivity index (χ4n) is 2.88. The Bertz CT molecular complexity index is 610. The molecule has 5 heteroatoms. The summed E-state index contributed by atoms with van der Waals surface area (Å²) in [7, 11) is 0. The van der Waals surface area contributed by atoms with E-state index in [1.807, 2.05) is 11.0 Å². The molecule has 1 aliphatic heterocycles. The number of furan rings is 1. The summed E-state index contributed by atoms with van der Waals surface area (Å²) >= 11 is 0. The lowest BCUT2D eigenvalue weighted by atomic mass is 9.95. The predicted octanol–water partition coefficient (Wildman–Crippen LogP) is 3.86. The van der Waals surface area contributed by atoms with Crippen LogP contribution in [-0.4, -0.2) is 17.5 Å². The lowest BCUT2D eigenvalue weighted by Crippen LogP contribution is -2.44. The van der Waals surface area contributed by atoms with E-state index in [2.05, 4.69) is 5.32 Å². The zero-order valence-electron chi connectivity index (χ0n) is 12.3. The van der Waals surface area contributed by atoms with Gasteiger partial charge in [0.2, 0.25) is 0 Å². The van der Waals surface area contributed by atoms with Crippen molar-refractivity contribution in [3.8, 4) is 0 Å². The van der Waals surface area contributed by atoms with E-state index in [1.165, 1.54) is 12.1 Å². The van der Waals surface area contributed by atoms with E-state index >= 15 is 0 Å². The first kappa shape index (κ1) is 14.6. The lowest BCUT2D eigenvalue weighted by Gasteiger charge is -2.36. The largest absolute Gasteiger partial charge is 0.472 e. The highest BCUT2D eigenvalue weighted by atomic mass is 19.1. The van der Waals surface area contributed by atoms with Gasteiger partial charge >= 0.3 is 6.03 Å². The summed E-state index contributed by atoms with van der Waals surface area (Å²) in [6, 6.07) is 8.18. The highest BCUT2D eigenvalue weighted by molar-refractivity contribution is 5.74. The van der Waals surface area contributed by atoms with Crippen LogP contribution in [0.25, 0.3) is 0 Å². The van der Waals surface area contributed by atoms with Crippen molar-refractivity contribution in [3.63, 3.8) is 0 Å². The third kappa shape index (κ3) is 3.30. The van der Waals surface area contributed by atoms with Crippen molar-refractivity contribution in [1.82, 2.24) is 10.2 Å². The molecule has 0 saturated carbocycles. The molecule has 0 bridgehead atoms. The molecule has 0 aliphatic carbocycles. The molecule has 116 valence electrons. The fourth-order valence-corrected chi connectivity index (χ4v) is 2.88. The molecule has 1 fully saturated rings. The maximum atomic E-state index is 13.1. The monoisotopic (exact) mass is 302 g/mol. The number of hydrogen-bond donors (Lipinski definition) is 1. The Morgan fingerprint density at radius 3 is 2.82 bits per heavy atom. The number of nitrogens with one attached hydrogen (secondary N) is 1. The molecule has 1 aliphatic rings. The first-order valence-corrected chi connectivity index (χ1v) is 7.55. The Morgan fingerprint density at radius 2 is 2.09 bits per heavy atom. The number of carbonyl (C=O) groups excluding carboxylic acids is 1. The Balaban J connectivity index is 1.68. The third-order valence-corrected chi connectivity index (χ3v) is 4.04. The summed E-state index contributed by atoms with van der Waals surface area (Å²) < 4.78 is 18.1. The van der Waals surface area contributed by atoms with Crippen molar-refractivity contribution in [1.29, 1.82) is 0 Å². The second-order valence-corrected chi connectivity index (χ2v) is 5.55. The van der Waals surface area contributed by atoms with Crippen LogP contribution >= 0.6 is 0 Å². The number of carbonyl (C=O) groups is 1. The summed E-state index contributed by atoms with van der Waals surface area (Å²) in [5, 5.41) is 2.92. The number of benzene rings is 1.